The minimum Gasteiger partial charge on any atom is 0 e. The molecule has 0 radical (unpaired) electrons. The van der Waals surface area contributed by atoms with Gasteiger partial charge in [0.1, 0.15) is 0 Å². The molecular weight excluding hydrogens is 221 g/mol. The summed E-state index contributed by atoms with van der Waals surface area (Å²) < 4.78 is 0. The SMILES string of the molecule is [Cr].[Mn][Fe].[Ni]. The van der Waals surface area contributed by atoms with Crippen LogP contribution in [-0.4, -0.2) is 0 Å². The van der Waals surface area contributed by atoms with Gasteiger partial charge in [0, 0.05) is 33.9 Å². The van der Waals surface area contributed by atoms with Gasteiger partial charge in [-0.2, -0.15) is 0 Å². The zero-order valence-electron chi connectivity index (χ0n) is 1.46. The van der Waals surface area contributed by atoms with E-state index in [2.05, 4.69) is 28.4 Å². The van der Waals surface area contributed by atoms with E-state index in [-0.39, 0.29) is 33.9 Å². The Morgan fingerprint density at radius 1 is 1.25 bits per heavy atom. The van der Waals surface area contributed by atoms with Crippen molar-refractivity contribution >= 4 is 0 Å². The molecule has 0 aromatic heterocycles. The summed E-state index contributed by atoms with van der Waals surface area (Å²) in [4.78, 5) is 0. The first-order valence-corrected chi connectivity index (χ1v) is 2.27. The first-order valence-electron chi connectivity index (χ1n) is 0.134. The molecular formula is CrFeMnNi. The van der Waals surface area contributed by atoms with Crippen LogP contribution in [0.4, 0.5) is 0 Å². The maximum Gasteiger partial charge on any atom is 0 e. The van der Waals surface area contributed by atoms with Crippen molar-refractivity contribution in [1.29, 1.82) is 0 Å². The predicted molar refractivity (Wildman–Crippen MR) is 0 cm³/mol. The monoisotopic (exact) mass is 221 g/mol. The normalized spacial score (nSPS) is 1.50. The molecule has 31 valence electrons. The van der Waals surface area contributed by atoms with Crippen LogP contribution in [0.25, 0.3) is 0 Å². The molecule has 4 heavy (non-hydrogen) atoms. The molecule has 0 N–H and O–H groups in total. The van der Waals surface area contributed by atoms with Gasteiger partial charge in [-0.1, -0.05) is 0 Å². The fourth-order valence-corrected chi connectivity index (χ4v) is 0. The summed E-state index contributed by atoms with van der Waals surface area (Å²) in [7, 11) is 0. The van der Waals surface area contributed by atoms with E-state index in [0.717, 1.165) is 0 Å². The van der Waals surface area contributed by atoms with Gasteiger partial charge in [-0.15, -0.1) is 0 Å². The molecule has 0 spiro atoms. The minimum atomic E-state index is 0. The Bertz CT molecular complexity index is 8.00. The predicted octanol–water partition coefficient (Wildman–Crippen LogP) is -0.0100. The van der Waals surface area contributed by atoms with Crippen molar-refractivity contribution in [1.82, 2.24) is 0 Å². The summed E-state index contributed by atoms with van der Waals surface area (Å²) in [6.45, 7) is 0. The van der Waals surface area contributed by atoms with Crippen LogP contribution >= 0.6 is 0 Å². The van der Waals surface area contributed by atoms with Crippen LogP contribution < -0.4 is 0 Å². The molecule has 0 aromatic rings. The van der Waals surface area contributed by atoms with E-state index in [1.165, 1.54) is 0 Å². The number of hydrogen-bond acceptors (Lipinski definition) is 0. The van der Waals surface area contributed by atoms with Gasteiger partial charge in [-0.05, 0) is 0 Å². The third kappa shape index (κ3) is 8.96. The summed E-state index contributed by atoms with van der Waals surface area (Å²) in [5, 5.41) is 0. The molecule has 0 amide bonds. The van der Waals surface area contributed by atoms with Crippen LogP contribution in [0, 0.1) is 0 Å². The summed E-state index contributed by atoms with van der Waals surface area (Å²) in [6, 6.07) is 0. The number of hydrogen-bond donors (Lipinski definition) is 0. The molecule has 0 nitrogen and oxygen atoms in total. The number of rotatable bonds is 0. The molecule has 0 aliphatic rings. The Labute approximate surface area is 61.7 Å². The Morgan fingerprint density at radius 3 is 1.25 bits per heavy atom. The standard InChI is InChI=1S/Cr.Fe.Mn.Ni. The molecule has 4 heteroatoms. The zero-order chi connectivity index (χ0) is 2.00. The second kappa shape index (κ2) is 19.6. The van der Waals surface area contributed by atoms with Gasteiger partial charge in [0.2, 0.25) is 0 Å². The maximum atomic E-state index is 3.06. The van der Waals surface area contributed by atoms with Gasteiger partial charge >= 0.3 is 28.4 Å². The van der Waals surface area contributed by atoms with Crippen LogP contribution in [0.15, 0.2) is 0 Å². The van der Waals surface area contributed by atoms with E-state index in [1.807, 2.05) is 0 Å². The third-order valence-corrected chi connectivity index (χ3v) is 0. The van der Waals surface area contributed by atoms with E-state index in [0.29, 0.717) is 0 Å². The van der Waals surface area contributed by atoms with Gasteiger partial charge in [-0.25, -0.2) is 0 Å². The Kier molecular flexibility index (Phi) is 81.3. The van der Waals surface area contributed by atoms with E-state index < -0.39 is 0 Å². The summed E-state index contributed by atoms with van der Waals surface area (Å²) >= 11 is 5.75. The van der Waals surface area contributed by atoms with Crippen molar-refractivity contribution in [3.05, 3.63) is 0 Å². The van der Waals surface area contributed by atoms with E-state index >= 15 is 0 Å². The third-order valence-electron chi connectivity index (χ3n) is 0. The van der Waals surface area contributed by atoms with Crippen LogP contribution in [0.3, 0.4) is 0 Å². The van der Waals surface area contributed by atoms with Gasteiger partial charge in [0.25, 0.3) is 0 Å². The second-order valence-corrected chi connectivity index (χ2v) is 0. The second-order valence-electron chi connectivity index (χ2n) is 0. The van der Waals surface area contributed by atoms with E-state index in [4.69, 9.17) is 0 Å². The van der Waals surface area contributed by atoms with Crippen LogP contribution in [-0.2, 0) is 62.2 Å². The molecule has 0 aromatic carbocycles. The van der Waals surface area contributed by atoms with Crippen molar-refractivity contribution in [2.75, 3.05) is 0 Å². The van der Waals surface area contributed by atoms with Gasteiger partial charge in [0.15, 0.2) is 0 Å². The van der Waals surface area contributed by atoms with Crippen molar-refractivity contribution < 1.29 is 62.2 Å². The summed E-state index contributed by atoms with van der Waals surface area (Å²) in [5.74, 6) is 0. The molecule has 0 saturated carbocycles. The van der Waals surface area contributed by atoms with E-state index in [1.54, 1.807) is 0 Å². The largest absolute Gasteiger partial charge is 0 e. The summed E-state index contributed by atoms with van der Waals surface area (Å²) in [6.07, 6.45) is 0. The van der Waals surface area contributed by atoms with Crippen molar-refractivity contribution in [3.8, 4) is 0 Å². The molecule has 0 unspecified atom stereocenters. The van der Waals surface area contributed by atoms with Crippen molar-refractivity contribution in [2.24, 2.45) is 0 Å². The topological polar surface area (TPSA) is 0 Å². The molecule has 0 fully saturated rings. The van der Waals surface area contributed by atoms with Gasteiger partial charge in [-0.3, -0.25) is 0 Å². The average molecular weight is 221 g/mol. The van der Waals surface area contributed by atoms with Gasteiger partial charge in [0.05, 0.1) is 0 Å². The Morgan fingerprint density at radius 2 is 1.25 bits per heavy atom. The molecule has 0 saturated heterocycles. The smallest absolute Gasteiger partial charge is 0 e. The zero-order valence-corrected chi connectivity index (χ0v) is 6.00. The Hall–Kier alpha value is 2.06. The molecule has 0 bridgehead atoms. The molecule has 0 aliphatic carbocycles. The molecule has 0 heterocycles. The fourth-order valence-electron chi connectivity index (χ4n) is 0. The maximum absolute atomic E-state index is 3.06. The quantitative estimate of drug-likeness (QED) is 0.505. The van der Waals surface area contributed by atoms with E-state index in [9.17, 15) is 0 Å². The summed E-state index contributed by atoms with van der Waals surface area (Å²) in [5.41, 5.74) is 0. The first kappa shape index (κ1) is 16.6. The first-order chi connectivity index (χ1) is 1.00. The minimum absolute atomic E-state index is 0. The van der Waals surface area contributed by atoms with Crippen LogP contribution in [0.5, 0.6) is 0 Å². The van der Waals surface area contributed by atoms with Gasteiger partial charge < -0.3 is 0 Å². The van der Waals surface area contributed by atoms with Crippen LogP contribution in [0.1, 0.15) is 0 Å². The van der Waals surface area contributed by atoms with Crippen LogP contribution in [0.2, 0.25) is 0 Å². The Balaban J connectivity index is -0.00000000500. The van der Waals surface area contributed by atoms with Crippen molar-refractivity contribution in [3.63, 3.8) is 0 Å². The molecule has 0 rings (SSSR count). The average Bonchev–Trinajstić information content (AvgIpc) is 1.00. The molecule has 0 aliphatic heterocycles. The molecule has 0 atom stereocenters. The van der Waals surface area contributed by atoms with Crippen molar-refractivity contribution in [2.45, 2.75) is 0 Å². The fraction of sp³-hybridized carbons (Fsp3) is 0.